The molecule has 2 heterocycles. The van der Waals surface area contributed by atoms with Crippen LogP contribution in [0.25, 0.3) is 10.8 Å². The number of thiazole rings is 1. The number of carbonyl (C=O) groups is 1. The Bertz CT molecular complexity index is 1130. The van der Waals surface area contributed by atoms with E-state index in [0.29, 0.717) is 23.3 Å². The first-order valence-corrected chi connectivity index (χ1v) is 10.9. The van der Waals surface area contributed by atoms with Crippen LogP contribution in [0, 0.1) is 0 Å². The number of amides is 1. The molecular weight excluding hydrogens is 402 g/mol. The average molecular weight is 422 g/mol. The zero-order valence-corrected chi connectivity index (χ0v) is 17.2. The number of hydrogen-bond acceptors (Lipinski definition) is 6. The summed E-state index contributed by atoms with van der Waals surface area (Å²) in [6.07, 6.45) is 4.14. The number of anilines is 1. The van der Waals surface area contributed by atoms with Gasteiger partial charge in [0.05, 0.1) is 5.75 Å². The third-order valence-electron chi connectivity index (χ3n) is 4.34. The summed E-state index contributed by atoms with van der Waals surface area (Å²) in [4.78, 5) is 16.2. The Morgan fingerprint density at radius 3 is 2.90 bits per heavy atom. The second kappa shape index (κ2) is 9.02. The zero-order valence-electron chi connectivity index (χ0n) is 15.6. The number of rotatable bonds is 8. The van der Waals surface area contributed by atoms with Gasteiger partial charge in [-0.2, -0.15) is 0 Å². The molecule has 146 valence electrons. The molecule has 0 radical (unpaired) electrons. The normalized spacial score (nSPS) is 10.9. The molecule has 0 aliphatic heterocycles. The van der Waals surface area contributed by atoms with Gasteiger partial charge >= 0.3 is 0 Å². The Balaban J connectivity index is 1.51. The number of nitrogens with one attached hydrogen (secondary N) is 1. The molecule has 4 rings (SSSR count). The summed E-state index contributed by atoms with van der Waals surface area (Å²) in [5.41, 5.74) is 1.19. The standard InChI is InChI=1S/C21H19N5OS2/c1-2-11-26-18(13-16-8-5-7-15-6-3-4-9-17(15)16)24-25-21(26)29-14-19(27)23-20-22-10-12-28-20/h2-10,12H,1,11,13-14H2,(H,22,23,27). The molecule has 0 unspecified atom stereocenters. The highest BCUT2D eigenvalue weighted by molar-refractivity contribution is 7.99. The van der Waals surface area contributed by atoms with E-state index in [1.54, 1.807) is 6.20 Å². The number of hydrogen-bond donors (Lipinski definition) is 1. The Labute approximate surface area is 176 Å². The fourth-order valence-corrected chi connectivity index (χ4v) is 4.37. The van der Waals surface area contributed by atoms with Gasteiger partial charge in [-0.25, -0.2) is 4.98 Å². The first kappa shape index (κ1) is 19.4. The second-order valence-electron chi connectivity index (χ2n) is 6.29. The number of aromatic nitrogens is 4. The van der Waals surface area contributed by atoms with E-state index >= 15 is 0 Å². The van der Waals surface area contributed by atoms with Crippen molar-refractivity contribution in [3.05, 3.63) is 78.1 Å². The molecule has 1 amide bonds. The van der Waals surface area contributed by atoms with Crippen LogP contribution in [-0.2, 0) is 17.8 Å². The summed E-state index contributed by atoms with van der Waals surface area (Å²) in [6.45, 7) is 4.43. The van der Waals surface area contributed by atoms with Crippen molar-refractivity contribution in [1.29, 1.82) is 0 Å². The summed E-state index contributed by atoms with van der Waals surface area (Å²) < 4.78 is 2.01. The van der Waals surface area contributed by atoms with Crippen molar-refractivity contribution < 1.29 is 4.79 Å². The minimum Gasteiger partial charge on any atom is -0.302 e. The third-order valence-corrected chi connectivity index (χ3v) is 6.00. The van der Waals surface area contributed by atoms with Crippen molar-refractivity contribution in [3.8, 4) is 0 Å². The summed E-state index contributed by atoms with van der Waals surface area (Å²) in [6, 6.07) is 14.6. The maximum Gasteiger partial charge on any atom is 0.236 e. The van der Waals surface area contributed by atoms with E-state index in [9.17, 15) is 4.79 Å². The van der Waals surface area contributed by atoms with Crippen LogP contribution in [0.3, 0.4) is 0 Å². The van der Waals surface area contributed by atoms with Gasteiger partial charge in [-0.3, -0.25) is 4.79 Å². The highest BCUT2D eigenvalue weighted by Gasteiger charge is 2.15. The van der Waals surface area contributed by atoms with E-state index in [0.717, 1.165) is 5.82 Å². The van der Waals surface area contributed by atoms with E-state index in [4.69, 9.17) is 0 Å². The summed E-state index contributed by atoms with van der Waals surface area (Å²) in [5, 5.41) is 17.0. The maximum absolute atomic E-state index is 12.2. The smallest absolute Gasteiger partial charge is 0.236 e. The molecule has 6 nitrogen and oxygen atoms in total. The molecule has 0 aliphatic rings. The van der Waals surface area contributed by atoms with Gasteiger partial charge in [-0.05, 0) is 16.3 Å². The Morgan fingerprint density at radius 1 is 1.21 bits per heavy atom. The lowest BCUT2D eigenvalue weighted by molar-refractivity contribution is -0.113. The van der Waals surface area contributed by atoms with Crippen molar-refractivity contribution in [2.24, 2.45) is 0 Å². The van der Waals surface area contributed by atoms with Crippen molar-refractivity contribution in [2.45, 2.75) is 18.1 Å². The molecule has 0 bridgehead atoms. The first-order valence-electron chi connectivity index (χ1n) is 9.06. The van der Waals surface area contributed by atoms with E-state index < -0.39 is 0 Å². The van der Waals surface area contributed by atoms with Gasteiger partial charge in [0.15, 0.2) is 10.3 Å². The van der Waals surface area contributed by atoms with Crippen molar-refractivity contribution in [2.75, 3.05) is 11.1 Å². The van der Waals surface area contributed by atoms with Gasteiger partial charge in [0.1, 0.15) is 5.82 Å². The van der Waals surface area contributed by atoms with Crippen LogP contribution < -0.4 is 5.32 Å². The molecule has 2 aromatic heterocycles. The molecule has 4 aromatic rings. The van der Waals surface area contributed by atoms with Gasteiger partial charge in [-0.15, -0.1) is 28.1 Å². The van der Waals surface area contributed by atoms with E-state index in [1.165, 1.54) is 39.4 Å². The molecule has 0 atom stereocenters. The fourth-order valence-electron chi connectivity index (χ4n) is 3.06. The van der Waals surface area contributed by atoms with Crippen LogP contribution in [0.4, 0.5) is 5.13 Å². The number of fused-ring (bicyclic) bond motifs is 1. The van der Waals surface area contributed by atoms with Crippen LogP contribution in [0.1, 0.15) is 11.4 Å². The zero-order chi connectivity index (χ0) is 20.1. The van der Waals surface area contributed by atoms with Crippen molar-refractivity contribution in [1.82, 2.24) is 19.7 Å². The topological polar surface area (TPSA) is 72.7 Å². The predicted octanol–water partition coefficient (Wildman–Crippen LogP) is 4.40. The number of benzene rings is 2. The largest absolute Gasteiger partial charge is 0.302 e. The second-order valence-corrected chi connectivity index (χ2v) is 8.12. The van der Waals surface area contributed by atoms with E-state index in [1.807, 2.05) is 28.2 Å². The number of carbonyl (C=O) groups excluding carboxylic acids is 1. The number of nitrogens with zero attached hydrogens (tertiary/aromatic N) is 4. The summed E-state index contributed by atoms with van der Waals surface area (Å²) >= 11 is 2.75. The summed E-state index contributed by atoms with van der Waals surface area (Å²) in [7, 11) is 0. The highest BCUT2D eigenvalue weighted by atomic mass is 32.2. The van der Waals surface area contributed by atoms with Gasteiger partial charge < -0.3 is 9.88 Å². The quantitative estimate of drug-likeness (QED) is 0.337. The maximum atomic E-state index is 12.2. The molecule has 0 aliphatic carbocycles. The third kappa shape index (κ3) is 4.55. The lowest BCUT2D eigenvalue weighted by atomic mass is 10.0. The molecule has 0 saturated carbocycles. The van der Waals surface area contributed by atoms with Crippen LogP contribution in [0.5, 0.6) is 0 Å². The molecule has 0 fully saturated rings. The molecular formula is C21H19N5OS2. The van der Waals surface area contributed by atoms with Crippen molar-refractivity contribution >= 4 is 44.9 Å². The average Bonchev–Trinajstić information content (AvgIpc) is 3.38. The lowest BCUT2D eigenvalue weighted by Crippen LogP contribution is -2.14. The van der Waals surface area contributed by atoms with Crippen LogP contribution in [-0.4, -0.2) is 31.4 Å². The summed E-state index contributed by atoms with van der Waals surface area (Å²) in [5.74, 6) is 0.973. The SMILES string of the molecule is C=CCn1c(Cc2cccc3ccccc23)nnc1SCC(=O)Nc1nccs1. The monoisotopic (exact) mass is 421 g/mol. The minimum atomic E-state index is -0.117. The minimum absolute atomic E-state index is 0.117. The van der Waals surface area contributed by atoms with E-state index in [-0.39, 0.29) is 11.7 Å². The lowest BCUT2D eigenvalue weighted by Gasteiger charge is -2.09. The van der Waals surface area contributed by atoms with Gasteiger partial charge in [-0.1, -0.05) is 60.3 Å². The van der Waals surface area contributed by atoms with Gasteiger partial charge in [0.25, 0.3) is 0 Å². The van der Waals surface area contributed by atoms with Gasteiger partial charge in [0, 0.05) is 24.5 Å². The first-order chi connectivity index (χ1) is 14.2. The van der Waals surface area contributed by atoms with Crippen LogP contribution >= 0.6 is 23.1 Å². The van der Waals surface area contributed by atoms with Crippen molar-refractivity contribution in [3.63, 3.8) is 0 Å². The molecule has 0 spiro atoms. The van der Waals surface area contributed by atoms with Gasteiger partial charge in [0.2, 0.25) is 5.91 Å². The Morgan fingerprint density at radius 2 is 2.07 bits per heavy atom. The van der Waals surface area contributed by atoms with E-state index in [2.05, 4.69) is 57.4 Å². The molecule has 1 N–H and O–H groups in total. The number of allylic oxidation sites excluding steroid dienone is 1. The van der Waals surface area contributed by atoms with Crippen LogP contribution in [0.15, 0.2) is 71.9 Å². The van der Waals surface area contributed by atoms with Crippen LogP contribution in [0.2, 0.25) is 0 Å². The fraction of sp³-hybridized carbons (Fsp3) is 0.143. The highest BCUT2D eigenvalue weighted by Crippen LogP contribution is 2.23. The molecule has 8 heteroatoms. The Hall–Kier alpha value is -2.97. The molecule has 0 saturated heterocycles. The molecule has 2 aromatic carbocycles. The predicted molar refractivity (Wildman–Crippen MR) is 118 cm³/mol. The number of thioether (sulfide) groups is 1. The Kier molecular flexibility index (Phi) is 6.02. The molecule has 29 heavy (non-hydrogen) atoms.